The monoisotopic (exact) mass is 154 g/mol. The first-order chi connectivity index (χ1) is 5.27. The molecule has 0 spiro atoms. The lowest BCUT2D eigenvalue weighted by atomic mass is 10.0. The lowest BCUT2D eigenvalue weighted by Crippen LogP contribution is -2.33. The molecule has 0 radical (unpaired) electrons. The number of hydrogen-bond donors (Lipinski definition) is 0. The van der Waals surface area contributed by atoms with Crippen molar-refractivity contribution in [1.82, 2.24) is 0 Å². The summed E-state index contributed by atoms with van der Waals surface area (Å²) >= 11 is 0. The Morgan fingerprint density at radius 2 is 2.45 bits per heavy atom. The predicted octanol–water partition coefficient (Wildman–Crippen LogP) is 0.647. The maximum atomic E-state index is 10.8. The van der Waals surface area contributed by atoms with Crippen molar-refractivity contribution in [3.05, 3.63) is 11.6 Å². The molecule has 0 aliphatic carbocycles. The number of esters is 1. The number of rotatable bonds is 0. The van der Waals surface area contributed by atoms with E-state index in [4.69, 9.17) is 9.47 Å². The Hall–Kier alpha value is -0.830. The molecule has 0 aromatic carbocycles. The molecule has 60 valence electrons. The van der Waals surface area contributed by atoms with Gasteiger partial charge in [0.15, 0.2) is 0 Å². The van der Waals surface area contributed by atoms with Gasteiger partial charge in [0.05, 0.1) is 12.7 Å². The Kier molecular flexibility index (Phi) is 1.46. The Bertz CT molecular complexity index is 219. The fraction of sp³-hybridized carbons (Fsp3) is 0.625. The molecule has 3 heteroatoms. The molecule has 2 aliphatic rings. The van der Waals surface area contributed by atoms with Crippen molar-refractivity contribution in [3.8, 4) is 0 Å². The molecule has 0 unspecified atom stereocenters. The van der Waals surface area contributed by atoms with Crippen LogP contribution in [-0.2, 0) is 14.3 Å². The lowest BCUT2D eigenvalue weighted by Gasteiger charge is -2.26. The van der Waals surface area contributed by atoms with E-state index in [0.717, 1.165) is 12.0 Å². The smallest absolute Gasteiger partial charge is 0.331 e. The zero-order chi connectivity index (χ0) is 7.84. The third kappa shape index (κ3) is 1.05. The summed E-state index contributed by atoms with van der Waals surface area (Å²) in [5.74, 6) is -0.220. The van der Waals surface area contributed by atoms with Gasteiger partial charge >= 0.3 is 5.97 Å². The first kappa shape index (κ1) is 6.85. The Morgan fingerprint density at radius 3 is 3.18 bits per heavy atom. The minimum atomic E-state index is -0.220. The Morgan fingerprint density at radius 1 is 1.64 bits per heavy atom. The molecule has 0 aromatic rings. The molecule has 0 bridgehead atoms. The first-order valence-corrected chi connectivity index (χ1v) is 3.80. The van der Waals surface area contributed by atoms with Crippen molar-refractivity contribution in [2.24, 2.45) is 0 Å². The van der Waals surface area contributed by atoms with Gasteiger partial charge in [-0.15, -0.1) is 0 Å². The van der Waals surface area contributed by atoms with Gasteiger partial charge in [0.25, 0.3) is 0 Å². The summed E-state index contributed by atoms with van der Waals surface area (Å²) in [6.45, 7) is 2.64. The van der Waals surface area contributed by atoms with Crippen LogP contribution in [0.15, 0.2) is 11.6 Å². The molecule has 2 aliphatic heterocycles. The van der Waals surface area contributed by atoms with Crippen LogP contribution in [0.25, 0.3) is 0 Å². The van der Waals surface area contributed by atoms with Crippen molar-refractivity contribution in [2.45, 2.75) is 25.6 Å². The fourth-order valence-corrected chi connectivity index (χ4v) is 1.53. The van der Waals surface area contributed by atoms with E-state index >= 15 is 0 Å². The van der Waals surface area contributed by atoms with Crippen LogP contribution in [0.3, 0.4) is 0 Å². The number of hydrogen-bond acceptors (Lipinski definition) is 3. The number of ether oxygens (including phenoxy) is 2. The highest BCUT2D eigenvalue weighted by molar-refractivity contribution is 5.86. The summed E-state index contributed by atoms with van der Waals surface area (Å²) in [7, 11) is 0. The van der Waals surface area contributed by atoms with E-state index in [1.807, 2.05) is 6.92 Å². The number of fused-ring (bicyclic) bond motifs is 1. The van der Waals surface area contributed by atoms with E-state index < -0.39 is 0 Å². The molecular formula is C8H10O3. The highest BCUT2D eigenvalue weighted by Gasteiger charge is 2.34. The lowest BCUT2D eigenvalue weighted by molar-refractivity contribution is -0.146. The zero-order valence-corrected chi connectivity index (χ0v) is 6.37. The molecule has 0 saturated carbocycles. The normalized spacial score (nSPS) is 36.1. The molecular weight excluding hydrogens is 144 g/mol. The van der Waals surface area contributed by atoms with Gasteiger partial charge in [-0.05, 0) is 18.9 Å². The summed E-state index contributed by atoms with van der Waals surface area (Å²) in [4.78, 5) is 10.8. The highest BCUT2D eigenvalue weighted by atomic mass is 16.6. The number of carbonyl (C=O) groups is 1. The summed E-state index contributed by atoms with van der Waals surface area (Å²) < 4.78 is 10.3. The van der Waals surface area contributed by atoms with Crippen LogP contribution in [-0.4, -0.2) is 24.8 Å². The second-order valence-electron chi connectivity index (χ2n) is 2.90. The maximum Gasteiger partial charge on any atom is 0.331 e. The van der Waals surface area contributed by atoms with Crippen molar-refractivity contribution in [1.29, 1.82) is 0 Å². The third-order valence-electron chi connectivity index (χ3n) is 2.11. The van der Waals surface area contributed by atoms with Crippen LogP contribution in [0.1, 0.15) is 13.3 Å². The quantitative estimate of drug-likeness (QED) is 0.480. The van der Waals surface area contributed by atoms with Crippen LogP contribution in [0.4, 0.5) is 0 Å². The van der Waals surface area contributed by atoms with Gasteiger partial charge in [0.1, 0.15) is 6.10 Å². The van der Waals surface area contributed by atoms with Gasteiger partial charge in [0, 0.05) is 6.08 Å². The van der Waals surface area contributed by atoms with Crippen LogP contribution in [0.5, 0.6) is 0 Å². The summed E-state index contributed by atoms with van der Waals surface area (Å²) in [6.07, 6.45) is 2.35. The molecule has 1 saturated heterocycles. The van der Waals surface area contributed by atoms with Crippen LogP contribution in [0.2, 0.25) is 0 Å². The molecule has 0 aromatic heterocycles. The van der Waals surface area contributed by atoms with Crippen LogP contribution < -0.4 is 0 Å². The highest BCUT2D eigenvalue weighted by Crippen LogP contribution is 2.27. The van der Waals surface area contributed by atoms with E-state index in [0.29, 0.717) is 6.61 Å². The SMILES string of the molecule is C[C@H]1OCCC2=CC(=O)O[C@@H]21. The molecule has 3 nitrogen and oxygen atoms in total. The van der Waals surface area contributed by atoms with Gasteiger partial charge in [-0.3, -0.25) is 0 Å². The predicted molar refractivity (Wildman–Crippen MR) is 38.0 cm³/mol. The minimum absolute atomic E-state index is 0.0291. The van der Waals surface area contributed by atoms with E-state index in [1.54, 1.807) is 6.08 Å². The fourth-order valence-electron chi connectivity index (χ4n) is 1.53. The van der Waals surface area contributed by atoms with E-state index in [1.165, 1.54) is 0 Å². The van der Waals surface area contributed by atoms with Gasteiger partial charge in [-0.1, -0.05) is 0 Å². The second kappa shape index (κ2) is 2.34. The Balaban J connectivity index is 2.20. The molecule has 11 heavy (non-hydrogen) atoms. The molecule has 2 atom stereocenters. The topological polar surface area (TPSA) is 35.5 Å². The number of carbonyl (C=O) groups excluding carboxylic acids is 1. The zero-order valence-electron chi connectivity index (χ0n) is 6.37. The van der Waals surface area contributed by atoms with E-state index in [2.05, 4.69) is 0 Å². The second-order valence-corrected chi connectivity index (χ2v) is 2.90. The molecule has 0 amide bonds. The van der Waals surface area contributed by atoms with E-state index in [-0.39, 0.29) is 18.2 Å². The standard InChI is InChI=1S/C8H10O3/c1-5-8-6(2-3-10-5)4-7(9)11-8/h4-5,8H,2-3H2,1H3/t5-,8-/m1/s1. The molecule has 0 N–H and O–H groups in total. The Labute approximate surface area is 65.0 Å². The summed E-state index contributed by atoms with van der Waals surface area (Å²) in [5, 5.41) is 0. The van der Waals surface area contributed by atoms with Gasteiger partial charge < -0.3 is 9.47 Å². The van der Waals surface area contributed by atoms with Crippen LogP contribution >= 0.6 is 0 Å². The van der Waals surface area contributed by atoms with Crippen molar-refractivity contribution in [2.75, 3.05) is 6.61 Å². The van der Waals surface area contributed by atoms with Gasteiger partial charge in [-0.25, -0.2) is 4.79 Å². The molecule has 2 rings (SSSR count). The molecule has 2 heterocycles. The summed E-state index contributed by atoms with van der Waals surface area (Å²) in [5.41, 5.74) is 1.09. The largest absolute Gasteiger partial charge is 0.452 e. The van der Waals surface area contributed by atoms with Gasteiger partial charge in [-0.2, -0.15) is 0 Å². The van der Waals surface area contributed by atoms with E-state index in [9.17, 15) is 4.79 Å². The summed E-state index contributed by atoms with van der Waals surface area (Å²) in [6, 6.07) is 0. The average molecular weight is 154 g/mol. The average Bonchev–Trinajstić information content (AvgIpc) is 2.31. The van der Waals surface area contributed by atoms with Gasteiger partial charge in [0.2, 0.25) is 0 Å². The van der Waals surface area contributed by atoms with Crippen molar-refractivity contribution in [3.63, 3.8) is 0 Å². The van der Waals surface area contributed by atoms with Crippen molar-refractivity contribution < 1.29 is 14.3 Å². The van der Waals surface area contributed by atoms with Crippen molar-refractivity contribution >= 4 is 5.97 Å². The molecule has 1 fully saturated rings. The van der Waals surface area contributed by atoms with Crippen LogP contribution in [0, 0.1) is 0 Å². The first-order valence-electron chi connectivity index (χ1n) is 3.80. The third-order valence-corrected chi connectivity index (χ3v) is 2.11. The maximum absolute atomic E-state index is 10.8. The minimum Gasteiger partial charge on any atom is -0.452 e.